The summed E-state index contributed by atoms with van der Waals surface area (Å²) in [5, 5.41) is 6.04. The number of anilines is 3. The van der Waals surface area contributed by atoms with E-state index in [0.717, 1.165) is 25.7 Å². The highest BCUT2D eigenvalue weighted by molar-refractivity contribution is 6.02. The third-order valence-electron chi connectivity index (χ3n) is 5.54. The molecule has 1 heterocycles. The third-order valence-corrected chi connectivity index (χ3v) is 5.54. The third kappa shape index (κ3) is 4.02. The lowest BCUT2D eigenvalue weighted by molar-refractivity contribution is 0.0257. The molecule has 4 N–H and O–H groups in total. The minimum atomic E-state index is -2.73. The fourth-order valence-corrected chi connectivity index (χ4v) is 3.87. The van der Waals surface area contributed by atoms with Gasteiger partial charge in [-0.1, -0.05) is 6.92 Å². The summed E-state index contributed by atoms with van der Waals surface area (Å²) in [4.78, 5) is 14.5. The van der Waals surface area contributed by atoms with E-state index in [0.29, 0.717) is 28.5 Å². The van der Waals surface area contributed by atoms with Gasteiger partial charge in [0, 0.05) is 26.1 Å². The van der Waals surface area contributed by atoms with Crippen LogP contribution >= 0.6 is 0 Å². The maximum absolute atomic E-state index is 13.7. The summed E-state index contributed by atoms with van der Waals surface area (Å²) < 4.78 is 27.4. The number of benzene rings is 1. The highest BCUT2D eigenvalue weighted by atomic mass is 19.3. The summed E-state index contributed by atoms with van der Waals surface area (Å²) in [7, 11) is 1.72. The number of halogens is 2. The number of hydrogen-bond acceptors (Lipinski definition) is 4. The number of rotatable bonds is 4. The number of nitrogens with one attached hydrogen (secondary N) is 2. The molecular formula is C19H28F2N4O. The Morgan fingerprint density at radius 3 is 2.54 bits per heavy atom. The Balaban J connectivity index is 1.85. The maximum atomic E-state index is 13.7. The predicted octanol–water partition coefficient (Wildman–Crippen LogP) is 3.46. The second-order valence-corrected chi connectivity index (χ2v) is 7.66. The molecule has 1 saturated carbocycles. The molecule has 1 aromatic carbocycles. The van der Waals surface area contributed by atoms with Gasteiger partial charge >= 0.3 is 0 Å². The van der Waals surface area contributed by atoms with Crippen molar-refractivity contribution in [2.75, 3.05) is 36.1 Å². The molecule has 0 radical (unpaired) electrons. The second kappa shape index (κ2) is 7.29. The molecule has 1 saturated heterocycles. The van der Waals surface area contributed by atoms with Crippen LogP contribution in [0.3, 0.4) is 0 Å². The van der Waals surface area contributed by atoms with E-state index in [1.807, 2.05) is 0 Å². The van der Waals surface area contributed by atoms with E-state index in [9.17, 15) is 13.6 Å². The molecule has 144 valence electrons. The van der Waals surface area contributed by atoms with E-state index in [1.165, 1.54) is 0 Å². The predicted molar refractivity (Wildman–Crippen MR) is 101 cm³/mol. The van der Waals surface area contributed by atoms with Crippen LogP contribution in [0.2, 0.25) is 0 Å². The first-order chi connectivity index (χ1) is 12.3. The lowest BCUT2D eigenvalue weighted by Gasteiger charge is -2.28. The zero-order valence-electron chi connectivity index (χ0n) is 15.4. The van der Waals surface area contributed by atoms with Crippen LogP contribution < -0.4 is 21.3 Å². The Bertz CT molecular complexity index is 672. The van der Waals surface area contributed by atoms with E-state index in [2.05, 4.69) is 17.6 Å². The fraction of sp³-hybridized carbons (Fsp3) is 0.632. The van der Waals surface area contributed by atoms with Gasteiger partial charge in [0.05, 0.1) is 29.2 Å². The molecule has 2 fully saturated rings. The van der Waals surface area contributed by atoms with Gasteiger partial charge in [-0.05, 0) is 43.7 Å². The van der Waals surface area contributed by atoms with Gasteiger partial charge in [0.15, 0.2) is 0 Å². The maximum Gasteiger partial charge on any atom is 0.266 e. The Hall–Kier alpha value is -2.05. The zero-order valence-corrected chi connectivity index (χ0v) is 15.4. The van der Waals surface area contributed by atoms with Crippen molar-refractivity contribution in [3.63, 3.8) is 0 Å². The Morgan fingerprint density at radius 2 is 1.96 bits per heavy atom. The lowest BCUT2D eigenvalue weighted by atomic mass is 9.87. The van der Waals surface area contributed by atoms with Crippen molar-refractivity contribution in [1.29, 1.82) is 0 Å². The number of nitrogens with two attached hydrogens (primary N) is 1. The van der Waals surface area contributed by atoms with Gasteiger partial charge in [-0.2, -0.15) is 0 Å². The topological polar surface area (TPSA) is 70.4 Å². The summed E-state index contributed by atoms with van der Waals surface area (Å²) >= 11 is 0. The van der Waals surface area contributed by atoms with Crippen LogP contribution in [0.4, 0.5) is 25.8 Å². The highest BCUT2D eigenvalue weighted by Crippen LogP contribution is 2.36. The van der Waals surface area contributed by atoms with Crippen molar-refractivity contribution < 1.29 is 13.6 Å². The quantitative estimate of drug-likeness (QED) is 0.714. The molecule has 1 amide bonds. The normalized spacial score (nSPS) is 25.2. The van der Waals surface area contributed by atoms with E-state index < -0.39 is 5.92 Å². The van der Waals surface area contributed by atoms with E-state index in [1.54, 1.807) is 24.1 Å². The first-order valence-electron chi connectivity index (χ1n) is 9.34. The standard InChI is InChI=1S/C19H28F2N4O/c1-12-3-5-13(6-4-12)24-18(26)14-9-15(22)16(23-2)10-17(14)25-8-7-19(20,21)11-25/h9-10,12-13,23H,3-8,11,22H2,1-2H3,(H,24,26). The number of nitrogens with zero attached hydrogens (tertiary/aromatic N) is 1. The molecule has 3 rings (SSSR count). The molecule has 0 atom stereocenters. The first-order valence-corrected chi connectivity index (χ1v) is 9.34. The zero-order chi connectivity index (χ0) is 18.9. The van der Waals surface area contributed by atoms with Crippen LogP contribution in [0.5, 0.6) is 0 Å². The number of amides is 1. The van der Waals surface area contributed by atoms with Crippen LogP contribution in [0, 0.1) is 5.92 Å². The molecule has 26 heavy (non-hydrogen) atoms. The minimum Gasteiger partial charge on any atom is -0.397 e. The second-order valence-electron chi connectivity index (χ2n) is 7.66. The molecule has 0 unspecified atom stereocenters. The molecule has 0 bridgehead atoms. The summed E-state index contributed by atoms with van der Waals surface area (Å²) in [5.41, 5.74) is 7.99. The molecule has 5 nitrogen and oxygen atoms in total. The molecule has 0 aromatic heterocycles. The van der Waals surface area contributed by atoms with Crippen LogP contribution in [0.1, 0.15) is 49.4 Å². The lowest BCUT2D eigenvalue weighted by Crippen LogP contribution is -2.38. The monoisotopic (exact) mass is 366 g/mol. The van der Waals surface area contributed by atoms with Gasteiger partial charge in [0.2, 0.25) is 0 Å². The number of nitrogen functional groups attached to an aromatic ring is 1. The summed E-state index contributed by atoms with van der Waals surface area (Å²) in [6, 6.07) is 3.43. The van der Waals surface area contributed by atoms with Crippen molar-refractivity contribution in [3.05, 3.63) is 17.7 Å². The number of hydrogen-bond donors (Lipinski definition) is 3. The number of carbonyl (C=O) groups excluding carboxylic acids is 1. The van der Waals surface area contributed by atoms with Gasteiger partial charge in [0.1, 0.15) is 0 Å². The van der Waals surface area contributed by atoms with Gasteiger partial charge in [-0.25, -0.2) is 8.78 Å². The van der Waals surface area contributed by atoms with Gasteiger partial charge in [-0.3, -0.25) is 4.79 Å². The van der Waals surface area contributed by atoms with E-state index >= 15 is 0 Å². The SMILES string of the molecule is CNc1cc(N2CCC(F)(F)C2)c(C(=O)NC2CCC(C)CC2)cc1N. The average molecular weight is 366 g/mol. The van der Waals surface area contributed by atoms with Crippen LogP contribution in [0.25, 0.3) is 0 Å². The van der Waals surface area contributed by atoms with Gasteiger partial charge in [0.25, 0.3) is 11.8 Å². The number of carbonyl (C=O) groups is 1. The summed E-state index contributed by atoms with van der Waals surface area (Å²) in [5.74, 6) is -2.27. The molecule has 1 aliphatic carbocycles. The average Bonchev–Trinajstić information content (AvgIpc) is 2.96. The molecule has 7 heteroatoms. The van der Waals surface area contributed by atoms with Crippen molar-refractivity contribution in [3.8, 4) is 0 Å². The number of alkyl halides is 2. The molecular weight excluding hydrogens is 338 g/mol. The minimum absolute atomic E-state index is 0.136. The van der Waals surface area contributed by atoms with E-state index in [-0.39, 0.29) is 31.5 Å². The highest BCUT2D eigenvalue weighted by Gasteiger charge is 2.39. The Kier molecular flexibility index (Phi) is 5.25. The van der Waals surface area contributed by atoms with E-state index in [4.69, 9.17) is 5.73 Å². The first kappa shape index (κ1) is 18.7. The molecule has 1 aliphatic heterocycles. The van der Waals surface area contributed by atoms with Crippen LogP contribution in [-0.2, 0) is 0 Å². The molecule has 1 aromatic rings. The Labute approximate surface area is 153 Å². The van der Waals surface area contributed by atoms with Crippen molar-refractivity contribution >= 4 is 23.0 Å². The summed E-state index contributed by atoms with van der Waals surface area (Å²) in [6.07, 6.45) is 3.89. The molecule has 2 aliphatic rings. The van der Waals surface area contributed by atoms with Crippen molar-refractivity contribution in [1.82, 2.24) is 5.32 Å². The largest absolute Gasteiger partial charge is 0.397 e. The Morgan fingerprint density at radius 1 is 1.27 bits per heavy atom. The fourth-order valence-electron chi connectivity index (χ4n) is 3.87. The van der Waals surface area contributed by atoms with Crippen LogP contribution in [0.15, 0.2) is 12.1 Å². The van der Waals surface area contributed by atoms with Crippen molar-refractivity contribution in [2.45, 2.75) is 51.0 Å². The molecule has 0 spiro atoms. The smallest absolute Gasteiger partial charge is 0.266 e. The summed E-state index contributed by atoms with van der Waals surface area (Å²) in [6.45, 7) is 2.07. The van der Waals surface area contributed by atoms with Crippen LogP contribution in [-0.4, -0.2) is 38.0 Å². The van der Waals surface area contributed by atoms with Gasteiger partial charge < -0.3 is 21.3 Å². The van der Waals surface area contributed by atoms with Crippen molar-refractivity contribution in [2.24, 2.45) is 5.92 Å². The van der Waals surface area contributed by atoms with Gasteiger partial charge in [-0.15, -0.1) is 0 Å².